The molecule has 0 atom stereocenters. The summed E-state index contributed by atoms with van der Waals surface area (Å²) in [6.45, 7) is 0. The van der Waals surface area contributed by atoms with Crippen LogP contribution >= 0.6 is 11.6 Å². The zero-order chi connectivity index (χ0) is 10.8. The fraction of sp³-hybridized carbons (Fsp3) is 0. The Bertz CT molecular complexity index is 496. The average molecular weight is 224 g/mol. The number of carboxylic acids is 1. The molecular formula is C9H6ClN3O2. The van der Waals surface area contributed by atoms with Crippen molar-refractivity contribution in [2.24, 2.45) is 0 Å². The average Bonchev–Trinajstić information content (AvgIpc) is 2.71. The van der Waals surface area contributed by atoms with Gasteiger partial charge < -0.3 is 5.11 Å². The predicted molar refractivity (Wildman–Crippen MR) is 53.3 cm³/mol. The molecule has 1 aromatic carbocycles. The maximum atomic E-state index is 10.8. The van der Waals surface area contributed by atoms with Crippen LogP contribution in [0.3, 0.4) is 0 Å². The second-order valence-electron chi connectivity index (χ2n) is 2.84. The third-order valence-electron chi connectivity index (χ3n) is 1.89. The highest BCUT2D eigenvalue weighted by Crippen LogP contribution is 2.21. The van der Waals surface area contributed by atoms with Crippen molar-refractivity contribution >= 4 is 17.6 Å². The zero-order valence-electron chi connectivity index (χ0n) is 7.46. The second kappa shape index (κ2) is 3.70. The topological polar surface area (TPSA) is 68.0 Å². The van der Waals surface area contributed by atoms with Crippen molar-refractivity contribution in [1.29, 1.82) is 0 Å². The highest BCUT2D eigenvalue weighted by Gasteiger charge is 2.08. The number of benzene rings is 1. The Labute approximate surface area is 89.9 Å². The molecular weight excluding hydrogens is 218 g/mol. The van der Waals surface area contributed by atoms with Gasteiger partial charge in [-0.3, -0.25) is 4.57 Å². The first-order chi connectivity index (χ1) is 7.18. The van der Waals surface area contributed by atoms with Crippen LogP contribution in [0.25, 0.3) is 5.69 Å². The van der Waals surface area contributed by atoms with Crippen LogP contribution in [-0.4, -0.2) is 25.8 Å². The molecule has 0 spiro atoms. The Balaban J connectivity index is 2.55. The van der Waals surface area contributed by atoms with E-state index in [1.165, 1.54) is 30.9 Å². The molecule has 0 amide bonds. The fourth-order valence-electron chi connectivity index (χ4n) is 1.17. The smallest absolute Gasteiger partial charge is 0.335 e. The predicted octanol–water partition coefficient (Wildman–Crippen LogP) is 1.62. The van der Waals surface area contributed by atoms with Crippen molar-refractivity contribution in [3.05, 3.63) is 41.4 Å². The van der Waals surface area contributed by atoms with Crippen LogP contribution in [0.15, 0.2) is 30.9 Å². The Morgan fingerprint density at radius 2 is 2.00 bits per heavy atom. The molecule has 15 heavy (non-hydrogen) atoms. The third kappa shape index (κ3) is 1.82. The number of carboxylic acid groups (broad SMARTS) is 1. The second-order valence-corrected chi connectivity index (χ2v) is 3.25. The third-order valence-corrected chi connectivity index (χ3v) is 2.21. The molecule has 0 aliphatic heterocycles. The van der Waals surface area contributed by atoms with Crippen LogP contribution < -0.4 is 0 Å². The van der Waals surface area contributed by atoms with E-state index in [4.69, 9.17) is 16.7 Å². The number of rotatable bonds is 2. The molecule has 2 rings (SSSR count). The van der Waals surface area contributed by atoms with Crippen LogP contribution in [0.2, 0.25) is 5.02 Å². The molecule has 1 aromatic heterocycles. The Morgan fingerprint density at radius 1 is 1.33 bits per heavy atom. The molecule has 0 fully saturated rings. The molecule has 0 saturated carbocycles. The number of aromatic nitrogens is 3. The van der Waals surface area contributed by atoms with Gasteiger partial charge in [0.1, 0.15) is 12.7 Å². The summed E-state index contributed by atoms with van der Waals surface area (Å²) in [7, 11) is 0. The minimum Gasteiger partial charge on any atom is -0.478 e. The summed E-state index contributed by atoms with van der Waals surface area (Å²) < 4.78 is 1.55. The van der Waals surface area contributed by atoms with Crippen molar-refractivity contribution in [1.82, 2.24) is 14.8 Å². The lowest BCUT2D eigenvalue weighted by Gasteiger charge is -2.04. The minimum atomic E-state index is -0.999. The highest BCUT2D eigenvalue weighted by molar-refractivity contribution is 6.32. The summed E-state index contributed by atoms with van der Waals surface area (Å²) >= 11 is 5.92. The summed E-state index contributed by atoms with van der Waals surface area (Å²) in [5.41, 5.74) is 0.713. The van der Waals surface area contributed by atoms with E-state index in [-0.39, 0.29) is 5.56 Å². The molecule has 0 aliphatic carbocycles. The fourth-order valence-corrected chi connectivity index (χ4v) is 1.38. The van der Waals surface area contributed by atoms with E-state index in [2.05, 4.69) is 10.2 Å². The van der Waals surface area contributed by atoms with Gasteiger partial charge in [-0.15, -0.1) is 10.2 Å². The van der Waals surface area contributed by atoms with Crippen LogP contribution in [0.5, 0.6) is 0 Å². The molecule has 0 aliphatic rings. The van der Waals surface area contributed by atoms with Crippen LogP contribution in [-0.2, 0) is 0 Å². The molecule has 0 bridgehead atoms. The lowest BCUT2D eigenvalue weighted by Crippen LogP contribution is -1.99. The van der Waals surface area contributed by atoms with Gasteiger partial charge in [0.2, 0.25) is 0 Å². The molecule has 6 heteroatoms. The van der Waals surface area contributed by atoms with Gasteiger partial charge in [0.25, 0.3) is 0 Å². The van der Waals surface area contributed by atoms with Crippen molar-refractivity contribution in [3.63, 3.8) is 0 Å². The lowest BCUT2D eigenvalue weighted by atomic mass is 10.2. The van der Waals surface area contributed by atoms with Gasteiger partial charge in [0, 0.05) is 0 Å². The van der Waals surface area contributed by atoms with Crippen LogP contribution in [0, 0.1) is 0 Å². The summed E-state index contributed by atoms with van der Waals surface area (Å²) in [6, 6.07) is 4.44. The van der Waals surface area contributed by atoms with Gasteiger partial charge in [-0.1, -0.05) is 11.6 Å². The molecule has 1 heterocycles. The molecule has 0 saturated heterocycles. The van der Waals surface area contributed by atoms with Crippen molar-refractivity contribution in [3.8, 4) is 5.69 Å². The van der Waals surface area contributed by atoms with Gasteiger partial charge in [-0.25, -0.2) is 4.79 Å². The lowest BCUT2D eigenvalue weighted by molar-refractivity contribution is 0.0697. The zero-order valence-corrected chi connectivity index (χ0v) is 8.22. The van der Waals surface area contributed by atoms with Gasteiger partial charge in [-0.05, 0) is 18.2 Å². The summed E-state index contributed by atoms with van der Waals surface area (Å²) in [5, 5.41) is 16.5. The van der Waals surface area contributed by atoms with Crippen molar-refractivity contribution in [2.75, 3.05) is 0 Å². The maximum absolute atomic E-state index is 10.8. The SMILES string of the molecule is O=C(O)c1ccc(Cl)c(-n2cnnc2)c1. The monoisotopic (exact) mass is 223 g/mol. The number of halogens is 1. The van der Waals surface area contributed by atoms with E-state index in [0.717, 1.165) is 0 Å². The Morgan fingerprint density at radius 3 is 2.60 bits per heavy atom. The minimum absolute atomic E-state index is 0.170. The van der Waals surface area contributed by atoms with E-state index >= 15 is 0 Å². The van der Waals surface area contributed by atoms with E-state index in [0.29, 0.717) is 10.7 Å². The quantitative estimate of drug-likeness (QED) is 0.840. The largest absolute Gasteiger partial charge is 0.478 e. The van der Waals surface area contributed by atoms with Gasteiger partial charge in [-0.2, -0.15) is 0 Å². The molecule has 0 unspecified atom stereocenters. The van der Waals surface area contributed by atoms with E-state index in [1.54, 1.807) is 4.57 Å². The highest BCUT2D eigenvalue weighted by atomic mass is 35.5. The molecule has 0 radical (unpaired) electrons. The number of aromatic carboxylic acids is 1. The number of hydrogen-bond acceptors (Lipinski definition) is 3. The van der Waals surface area contributed by atoms with Crippen LogP contribution in [0.1, 0.15) is 10.4 Å². The van der Waals surface area contributed by atoms with Crippen LogP contribution in [0.4, 0.5) is 0 Å². The number of nitrogens with zero attached hydrogens (tertiary/aromatic N) is 3. The molecule has 1 N–H and O–H groups in total. The number of hydrogen-bond donors (Lipinski definition) is 1. The Hall–Kier alpha value is -1.88. The number of carbonyl (C=O) groups is 1. The summed E-state index contributed by atoms with van der Waals surface area (Å²) in [6.07, 6.45) is 2.90. The van der Waals surface area contributed by atoms with Gasteiger partial charge in [0.15, 0.2) is 0 Å². The summed E-state index contributed by atoms with van der Waals surface area (Å²) in [4.78, 5) is 10.8. The normalized spacial score (nSPS) is 10.2. The van der Waals surface area contributed by atoms with Gasteiger partial charge in [0.05, 0.1) is 16.3 Å². The van der Waals surface area contributed by atoms with E-state index in [1.807, 2.05) is 0 Å². The van der Waals surface area contributed by atoms with E-state index < -0.39 is 5.97 Å². The molecule has 76 valence electrons. The van der Waals surface area contributed by atoms with E-state index in [9.17, 15) is 4.79 Å². The molecule has 5 nitrogen and oxygen atoms in total. The summed E-state index contributed by atoms with van der Waals surface area (Å²) in [5.74, 6) is -0.999. The van der Waals surface area contributed by atoms with Gasteiger partial charge >= 0.3 is 5.97 Å². The van der Waals surface area contributed by atoms with Crippen molar-refractivity contribution < 1.29 is 9.90 Å². The standard InChI is InChI=1S/C9H6ClN3O2/c10-7-2-1-6(9(14)15)3-8(7)13-4-11-12-5-13/h1-5H,(H,14,15). The maximum Gasteiger partial charge on any atom is 0.335 e. The first-order valence-corrected chi connectivity index (χ1v) is 4.44. The van der Waals surface area contributed by atoms with Crippen molar-refractivity contribution in [2.45, 2.75) is 0 Å². The molecule has 2 aromatic rings. The Kier molecular flexibility index (Phi) is 2.39. The first kappa shape index (κ1) is 9.67. The first-order valence-electron chi connectivity index (χ1n) is 4.06.